The smallest absolute Gasteiger partial charge is 0.418 e. The van der Waals surface area contributed by atoms with Crippen molar-refractivity contribution in [2.24, 2.45) is 10.9 Å². The minimum Gasteiger partial charge on any atom is -0.433 e. The first kappa shape index (κ1) is 21.5. The number of fused-ring (bicyclic) bond motifs is 1. The van der Waals surface area contributed by atoms with Gasteiger partial charge in [0.1, 0.15) is 0 Å². The maximum absolute atomic E-state index is 12.6. The molecule has 0 saturated carbocycles. The number of nitrogens with zero attached hydrogens (tertiary/aromatic N) is 3. The van der Waals surface area contributed by atoms with E-state index >= 15 is 0 Å². The maximum Gasteiger partial charge on any atom is 0.418 e. The topological polar surface area (TPSA) is 101 Å². The number of morpholine rings is 1. The highest BCUT2D eigenvalue weighted by molar-refractivity contribution is 6.32. The fourth-order valence-electron chi connectivity index (χ4n) is 4.42. The van der Waals surface area contributed by atoms with Crippen LogP contribution in [0.15, 0.2) is 41.0 Å². The molecule has 0 spiro atoms. The van der Waals surface area contributed by atoms with Crippen molar-refractivity contribution in [3.63, 3.8) is 0 Å². The second-order valence-corrected chi connectivity index (χ2v) is 9.11. The highest BCUT2D eigenvalue weighted by Gasteiger charge is 2.47. The SMILES string of the molecule is CC1(C)OC(=O)N(Cc2ccc3c(c2)C(=CC2=CC(CN4CCOCC4)C=N2)C(=O)N3)C1=O. The Morgan fingerprint density at radius 2 is 2.00 bits per heavy atom. The highest BCUT2D eigenvalue weighted by Crippen LogP contribution is 2.35. The number of rotatable bonds is 5. The number of carbonyl (C=O) groups is 3. The first-order valence-corrected chi connectivity index (χ1v) is 11.1. The Bertz CT molecular complexity index is 1110. The number of nitrogens with one attached hydrogen (secondary N) is 1. The zero-order chi connectivity index (χ0) is 23.2. The van der Waals surface area contributed by atoms with Crippen LogP contribution in [0, 0.1) is 5.92 Å². The number of hydrogen-bond donors (Lipinski definition) is 1. The minimum atomic E-state index is -1.17. The quantitative estimate of drug-likeness (QED) is 0.691. The number of carbonyl (C=O) groups excluding carboxylic acids is 3. The molecule has 2 saturated heterocycles. The molecule has 1 atom stereocenters. The predicted molar refractivity (Wildman–Crippen MR) is 121 cm³/mol. The number of cyclic esters (lactones) is 1. The van der Waals surface area contributed by atoms with Crippen molar-refractivity contribution >= 4 is 35.4 Å². The van der Waals surface area contributed by atoms with E-state index in [1.807, 2.05) is 12.3 Å². The number of anilines is 1. The van der Waals surface area contributed by atoms with Crippen LogP contribution < -0.4 is 5.32 Å². The molecule has 4 aliphatic rings. The van der Waals surface area contributed by atoms with E-state index in [1.165, 1.54) is 0 Å². The van der Waals surface area contributed by atoms with Gasteiger partial charge in [-0.25, -0.2) is 9.69 Å². The van der Waals surface area contributed by atoms with Crippen LogP contribution in [0.3, 0.4) is 0 Å². The third-order valence-corrected chi connectivity index (χ3v) is 6.20. The molecule has 33 heavy (non-hydrogen) atoms. The van der Waals surface area contributed by atoms with Crippen LogP contribution in [0.1, 0.15) is 25.0 Å². The van der Waals surface area contributed by atoms with Gasteiger partial charge in [-0.15, -0.1) is 0 Å². The lowest BCUT2D eigenvalue weighted by molar-refractivity contribution is -0.134. The van der Waals surface area contributed by atoms with Crippen molar-refractivity contribution < 1.29 is 23.9 Å². The van der Waals surface area contributed by atoms with E-state index < -0.39 is 11.7 Å². The lowest BCUT2D eigenvalue weighted by Crippen LogP contribution is -2.39. The summed E-state index contributed by atoms with van der Waals surface area (Å²) in [5.41, 5.74) is 2.24. The molecule has 0 aromatic heterocycles. The molecule has 9 nitrogen and oxygen atoms in total. The highest BCUT2D eigenvalue weighted by atomic mass is 16.6. The van der Waals surface area contributed by atoms with Gasteiger partial charge in [-0.05, 0) is 43.7 Å². The van der Waals surface area contributed by atoms with Crippen LogP contribution in [-0.2, 0) is 25.6 Å². The van der Waals surface area contributed by atoms with Gasteiger partial charge in [-0.2, -0.15) is 0 Å². The van der Waals surface area contributed by atoms with Gasteiger partial charge in [-0.3, -0.25) is 19.5 Å². The van der Waals surface area contributed by atoms with Crippen LogP contribution in [0.5, 0.6) is 0 Å². The largest absolute Gasteiger partial charge is 0.433 e. The van der Waals surface area contributed by atoms with Crippen LogP contribution in [0.2, 0.25) is 0 Å². The Labute approximate surface area is 191 Å². The van der Waals surface area contributed by atoms with E-state index in [2.05, 4.69) is 21.3 Å². The van der Waals surface area contributed by atoms with E-state index in [-0.39, 0.29) is 24.3 Å². The van der Waals surface area contributed by atoms with Gasteiger partial charge < -0.3 is 14.8 Å². The number of imide groups is 1. The second-order valence-electron chi connectivity index (χ2n) is 9.11. The molecule has 4 heterocycles. The molecule has 0 radical (unpaired) electrons. The monoisotopic (exact) mass is 450 g/mol. The first-order valence-electron chi connectivity index (χ1n) is 11.1. The summed E-state index contributed by atoms with van der Waals surface area (Å²) in [6, 6.07) is 5.41. The Hall–Kier alpha value is -3.30. The molecule has 5 rings (SSSR count). The summed E-state index contributed by atoms with van der Waals surface area (Å²) < 4.78 is 10.6. The van der Waals surface area contributed by atoms with Gasteiger partial charge in [0.25, 0.3) is 11.8 Å². The number of aliphatic imine (C=N–C) groups is 1. The predicted octanol–water partition coefficient (Wildman–Crippen LogP) is 2.20. The number of allylic oxidation sites excluding steroid dienone is 1. The van der Waals surface area contributed by atoms with Gasteiger partial charge in [0, 0.05) is 43.0 Å². The summed E-state index contributed by atoms with van der Waals surface area (Å²) >= 11 is 0. The number of ether oxygens (including phenoxy) is 2. The van der Waals surface area contributed by atoms with Crippen molar-refractivity contribution in [3.8, 4) is 0 Å². The lowest BCUT2D eigenvalue weighted by atomic mass is 10.0. The molecule has 1 N–H and O–H groups in total. The summed E-state index contributed by atoms with van der Waals surface area (Å²) in [5, 5.41) is 2.87. The Balaban J connectivity index is 1.34. The van der Waals surface area contributed by atoms with Crippen LogP contribution in [-0.4, -0.2) is 72.4 Å². The molecule has 2 fully saturated rings. The van der Waals surface area contributed by atoms with Gasteiger partial charge in [0.05, 0.1) is 31.0 Å². The van der Waals surface area contributed by atoms with Crippen molar-refractivity contribution in [2.75, 3.05) is 38.2 Å². The average Bonchev–Trinajstić information content (AvgIpc) is 3.40. The van der Waals surface area contributed by atoms with Gasteiger partial charge in [0.15, 0.2) is 5.60 Å². The fraction of sp³-hybridized carbons (Fsp3) is 0.417. The first-order chi connectivity index (χ1) is 15.8. The molecule has 0 bridgehead atoms. The van der Waals surface area contributed by atoms with E-state index in [9.17, 15) is 14.4 Å². The second kappa shape index (κ2) is 8.24. The molecule has 1 unspecified atom stereocenters. The number of amides is 3. The van der Waals surface area contributed by atoms with Crippen LogP contribution >= 0.6 is 0 Å². The summed E-state index contributed by atoms with van der Waals surface area (Å²) in [5.74, 6) is -0.386. The van der Waals surface area contributed by atoms with Crippen molar-refractivity contribution in [2.45, 2.75) is 26.0 Å². The summed E-state index contributed by atoms with van der Waals surface area (Å²) in [4.78, 5) is 45.2. The number of hydrogen-bond acceptors (Lipinski definition) is 7. The minimum absolute atomic E-state index is 0.0817. The van der Waals surface area contributed by atoms with Crippen LogP contribution in [0.4, 0.5) is 10.5 Å². The molecular weight excluding hydrogens is 424 g/mol. The van der Waals surface area contributed by atoms with Gasteiger partial charge >= 0.3 is 6.09 Å². The molecule has 172 valence electrons. The Morgan fingerprint density at radius 3 is 2.73 bits per heavy atom. The third-order valence-electron chi connectivity index (χ3n) is 6.20. The molecule has 1 aromatic rings. The van der Waals surface area contributed by atoms with Gasteiger partial charge in [0.2, 0.25) is 0 Å². The summed E-state index contributed by atoms with van der Waals surface area (Å²) in [6.07, 6.45) is 5.11. The Kier molecular flexibility index (Phi) is 5.38. The van der Waals surface area contributed by atoms with Gasteiger partial charge in [-0.1, -0.05) is 6.07 Å². The molecule has 3 amide bonds. The zero-order valence-corrected chi connectivity index (χ0v) is 18.7. The molecule has 9 heteroatoms. The third kappa shape index (κ3) is 4.21. The van der Waals surface area contributed by atoms with E-state index in [1.54, 1.807) is 32.1 Å². The van der Waals surface area contributed by atoms with Crippen LogP contribution in [0.25, 0.3) is 5.57 Å². The molecular formula is C24H26N4O5. The van der Waals surface area contributed by atoms with Crippen molar-refractivity contribution in [1.82, 2.24) is 9.80 Å². The van der Waals surface area contributed by atoms with Crippen molar-refractivity contribution in [1.29, 1.82) is 0 Å². The lowest BCUT2D eigenvalue weighted by Gasteiger charge is -2.27. The Morgan fingerprint density at radius 1 is 1.21 bits per heavy atom. The normalized spacial score (nSPS) is 25.5. The standard InChI is InChI=1S/C24H26N4O5/c1-24(2)22(30)28(23(31)33-24)14-15-3-4-20-18(10-15)19(21(29)26-20)11-17-9-16(12-25-17)13-27-5-7-32-8-6-27/h3-4,9-12,16H,5-8,13-14H2,1-2H3,(H,26,29). The molecule has 4 aliphatic heterocycles. The number of benzene rings is 1. The maximum atomic E-state index is 12.6. The zero-order valence-electron chi connectivity index (χ0n) is 18.7. The fourth-order valence-corrected chi connectivity index (χ4v) is 4.42. The molecule has 1 aromatic carbocycles. The van der Waals surface area contributed by atoms with E-state index in [4.69, 9.17) is 9.47 Å². The van der Waals surface area contributed by atoms with E-state index in [0.717, 1.165) is 54.6 Å². The summed E-state index contributed by atoms with van der Waals surface area (Å²) in [6.45, 7) is 7.43. The molecule has 0 aliphatic carbocycles. The van der Waals surface area contributed by atoms with Crippen molar-refractivity contribution in [3.05, 3.63) is 47.2 Å². The average molecular weight is 450 g/mol. The summed E-state index contributed by atoms with van der Waals surface area (Å²) in [7, 11) is 0. The van der Waals surface area contributed by atoms with E-state index in [0.29, 0.717) is 11.3 Å².